The molecule has 0 aromatic heterocycles. The molecule has 0 aliphatic rings. The van der Waals surface area contributed by atoms with E-state index in [4.69, 9.17) is 4.74 Å². The molecule has 0 radical (unpaired) electrons. The number of aliphatic imine (C=N–C) groups is 1. The highest BCUT2D eigenvalue weighted by atomic mass is 19.1. The number of nitrogens with zero attached hydrogens (tertiary/aromatic N) is 1. The fourth-order valence-electron chi connectivity index (χ4n) is 2.32. The van der Waals surface area contributed by atoms with E-state index in [1.54, 1.807) is 24.3 Å². The Bertz CT molecular complexity index is 926. The van der Waals surface area contributed by atoms with Crippen LogP contribution in [0.2, 0.25) is 0 Å². The summed E-state index contributed by atoms with van der Waals surface area (Å²) in [4.78, 5) is 15.3. The van der Waals surface area contributed by atoms with Gasteiger partial charge in [-0.25, -0.2) is 9.38 Å². The van der Waals surface area contributed by atoms with Crippen molar-refractivity contribution in [1.29, 1.82) is 0 Å². The second-order valence-corrected chi connectivity index (χ2v) is 5.33. The van der Waals surface area contributed by atoms with Crippen LogP contribution in [0.1, 0.15) is 15.9 Å². The number of amidine groups is 1. The number of rotatable bonds is 5. The molecule has 0 fully saturated rings. The van der Waals surface area contributed by atoms with Gasteiger partial charge in [0, 0.05) is 11.1 Å². The summed E-state index contributed by atoms with van der Waals surface area (Å²) in [5.74, 6) is 0.744. The van der Waals surface area contributed by atoms with Gasteiger partial charge in [0.25, 0.3) is 0 Å². The lowest BCUT2D eigenvalue weighted by Crippen LogP contribution is -2.21. The molecular formula is C20H15FN2O3. The minimum Gasteiger partial charge on any atom is -0.457 e. The molecule has 26 heavy (non-hydrogen) atoms. The minimum absolute atomic E-state index is 0.0386. The molecule has 3 rings (SSSR count). The third-order valence-corrected chi connectivity index (χ3v) is 3.56. The van der Waals surface area contributed by atoms with Gasteiger partial charge in [0.1, 0.15) is 17.3 Å². The average Bonchev–Trinajstić information content (AvgIpc) is 2.68. The normalized spacial score (nSPS) is 11.1. The molecule has 0 aliphatic carbocycles. The highest BCUT2D eigenvalue weighted by Crippen LogP contribution is 2.24. The van der Waals surface area contributed by atoms with Crippen molar-refractivity contribution in [3.05, 3.63) is 89.7 Å². The van der Waals surface area contributed by atoms with Gasteiger partial charge in [-0.2, -0.15) is 0 Å². The highest BCUT2D eigenvalue weighted by molar-refractivity contribution is 6.05. The van der Waals surface area contributed by atoms with Crippen LogP contribution in [0.3, 0.4) is 0 Å². The molecule has 0 aliphatic heterocycles. The van der Waals surface area contributed by atoms with Gasteiger partial charge in [-0.1, -0.05) is 18.2 Å². The maximum absolute atomic E-state index is 13.5. The lowest BCUT2D eigenvalue weighted by atomic mass is 10.1. The first-order valence-electron chi connectivity index (χ1n) is 7.76. The van der Waals surface area contributed by atoms with E-state index in [2.05, 4.69) is 4.99 Å². The van der Waals surface area contributed by atoms with E-state index in [1.165, 1.54) is 6.07 Å². The summed E-state index contributed by atoms with van der Waals surface area (Å²) in [6, 6.07) is 19.7. The number of hydroxylamine groups is 1. The number of aldehydes is 1. The van der Waals surface area contributed by atoms with E-state index >= 15 is 0 Å². The van der Waals surface area contributed by atoms with Crippen molar-refractivity contribution in [2.75, 3.05) is 0 Å². The van der Waals surface area contributed by atoms with Crippen molar-refractivity contribution in [2.24, 2.45) is 4.99 Å². The van der Waals surface area contributed by atoms with Crippen LogP contribution in [0.15, 0.2) is 77.8 Å². The molecule has 5 nitrogen and oxygen atoms in total. The van der Waals surface area contributed by atoms with Crippen LogP contribution in [-0.4, -0.2) is 17.3 Å². The fourth-order valence-corrected chi connectivity index (χ4v) is 2.32. The lowest BCUT2D eigenvalue weighted by molar-refractivity contribution is 0.112. The smallest absolute Gasteiger partial charge is 0.158 e. The van der Waals surface area contributed by atoms with E-state index in [0.29, 0.717) is 23.5 Å². The van der Waals surface area contributed by atoms with Gasteiger partial charge in [-0.3, -0.25) is 15.5 Å². The molecule has 130 valence electrons. The van der Waals surface area contributed by atoms with Crippen LogP contribution < -0.4 is 10.2 Å². The predicted molar refractivity (Wildman–Crippen MR) is 95.9 cm³/mol. The Morgan fingerprint density at radius 3 is 2.35 bits per heavy atom. The number of para-hydroxylation sites is 1. The molecule has 0 amide bonds. The molecule has 0 spiro atoms. The zero-order valence-corrected chi connectivity index (χ0v) is 13.6. The van der Waals surface area contributed by atoms with E-state index in [1.807, 2.05) is 35.8 Å². The van der Waals surface area contributed by atoms with Crippen LogP contribution in [0.4, 0.5) is 10.1 Å². The van der Waals surface area contributed by atoms with Crippen molar-refractivity contribution in [3.8, 4) is 11.5 Å². The molecule has 0 atom stereocenters. The SMILES string of the molecule is O=Cc1ccc(F)cc1C(=Nc1ccc(Oc2ccccc2)cc1)NO. The first-order chi connectivity index (χ1) is 12.7. The lowest BCUT2D eigenvalue weighted by Gasteiger charge is -2.09. The Kier molecular flexibility index (Phi) is 5.36. The van der Waals surface area contributed by atoms with Gasteiger partial charge < -0.3 is 4.74 Å². The third kappa shape index (κ3) is 4.12. The van der Waals surface area contributed by atoms with Crippen molar-refractivity contribution in [1.82, 2.24) is 5.48 Å². The third-order valence-electron chi connectivity index (χ3n) is 3.56. The molecular weight excluding hydrogens is 335 g/mol. The Morgan fingerprint density at radius 1 is 1.00 bits per heavy atom. The average molecular weight is 350 g/mol. The molecule has 2 N–H and O–H groups in total. The van der Waals surface area contributed by atoms with Crippen molar-refractivity contribution in [2.45, 2.75) is 0 Å². The molecule has 0 heterocycles. The summed E-state index contributed by atoms with van der Waals surface area (Å²) in [7, 11) is 0. The monoisotopic (exact) mass is 350 g/mol. The van der Waals surface area contributed by atoms with Gasteiger partial charge >= 0.3 is 0 Å². The quantitative estimate of drug-likeness (QED) is 0.308. The Balaban J connectivity index is 1.86. The van der Waals surface area contributed by atoms with E-state index < -0.39 is 5.82 Å². The van der Waals surface area contributed by atoms with Gasteiger partial charge in [-0.15, -0.1) is 0 Å². The number of carbonyl (C=O) groups is 1. The summed E-state index contributed by atoms with van der Waals surface area (Å²) in [5, 5.41) is 9.36. The summed E-state index contributed by atoms with van der Waals surface area (Å²) < 4.78 is 19.2. The Labute approximate surface area is 149 Å². The zero-order chi connectivity index (χ0) is 18.4. The molecule has 0 saturated heterocycles. The molecule has 0 saturated carbocycles. The van der Waals surface area contributed by atoms with Crippen LogP contribution in [0, 0.1) is 5.82 Å². The predicted octanol–water partition coefficient (Wildman–Crippen LogP) is 4.49. The summed E-state index contributed by atoms with van der Waals surface area (Å²) in [5.41, 5.74) is 2.77. The van der Waals surface area contributed by atoms with Gasteiger partial charge in [-0.05, 0) is 54.6 Å². The van der Waals surface area contributed by atoms with Crippen molar-refractivity contribution in [3.63, 3.8) is 0 Å². The maximum Gasteiger partial charge on any atom is 0.158 e. The molecule has 3 aromatic rings. The fraction of sp³-hybridized carbons (Fsp3) is 0. The molecule has 0 bridgehead atoms. The number of hydrogen-bond acceptors (Lipinski definition) is 4. The Hall–Kier alpha value is -3.51. The second-order valence-electron chi connectivity index (χ2n) is 5.33. The Morgan fingerprint density at radius 2 is 1.69 bits per heavy atom. The molecule has 0 unspecified atom stereocenters. The first kappa shape index (κ1) is 17.3. The van der Waals surface area contributed by atoms with Crippen LogP contribution in [-0.2, 0) is 0 Å². The van der Waals surface area contributed by atoms with E-state index in [0.717, 1.165) is 12.1 Å². The minimum atomic E-state index is -0.542. The second kappa shape index (κ2) is 8.04. The topological polar surface area (TPSA) is 70.9 Å². The molecule has 3 aromatic carbocycles. The number of nitrogens with one attached hydrogen (secondary N) is 1. The number of ether oxygens (including phenoxy) is 1. The zero-order valence-electron chi connectivity index (χ0n) is 13.6. The van der Waals surface area contributed by atoms with E-state index in [-0.39, 0.29) is 17.0 Å². The van der Waals surface area contributed by atoms with E-state index in [9.17, 15) is 14.4 Å². The van der Waals surface area contributed by atoms with Crippen molar-refractivity contribution >= 4 is 17.8 Å². The summed E-state index contributed by atoms with van der Waals surface area (Å²) >= 11 is 0. The largest absolute Gasteiger partial charge is 0.457 e. The van der Waals surface area contributed by atoms with Crippen LogP contribution in [0.5, 0.6) is 11.5 Å². The number of hydrogen-bond donors (Lipinski definition) is 2. The molecule has 6 heteroatoms. The number of benzene rings is 3. The van der Waals surface area contributed by atoms with Gasteiger partial charge in [0.2, 0.25) is 0 Å². The van der Waals surface area contributed by atoms with Gasteiger partial charge in [0.15, 0.2) is 12.1 Å². The number of halogens is 1. The number of carbonyl (C=O) groups excluding carboxylic acids is 1. The van der Waals surface area contributed by atoms with Crippen LogP contribution in [0.25, 0.3) is 0 Å². The summed E-state index contributed by atoms with van der Waals surface area (Å²) in [6.07, 6.45) is 0.568. The van der Waals surface area contributed by atoms with Crippen molar-refractivity contribution < 1.29 is 19.1 Å². The summed E-state index contributed by atoms with van der Waals surface area (Å²) in [6.45, 7) is 0. The van der Waals surface area contributed by atoms with Crippen LogP contribution >= 0.6 is 0 Å². The highest BCUT2D eigenvalue weighted by Gasteiger charge is 2.10. The standard InChI is InChI=1S/C20H15FN2O3/c21-15-7-6-14(13-24)19(12-15)20(23-25)22-16-8-10-18(11-9-16)26-17-4-2-1-3-5-17/h1-13,25H,(H,22,23). The van der Waals surface area contributed by atoms with Gasteiger partial charge in [0.05, 0.1) is 5.69 Å². The maximum atomic E-state index is 13.5. The first-order valence-corrected chi connectivity index (χ1v) is 7.76.